The molecule has 0 aliphatic carbocycles. The summed E-state index contributed by atoms with van der Waals surface area (Å²) in [6, 6.07) is 9.96. The zero-order valence-corrected chi connectivity index (χ0v) is 14.2. The fourth-order valence-electron chi connectivity index (χ4n) is 2.89. The third-order valence-electron chi connectivity index (χ3n) is 4.33. The summed E-state index contributed by atoms with van der Waals surface area (Å²) in [7, 11) is 2.88. The van der Waals surface area contributed by atoms with Crippen molar-refractivity contribution in [2.45, 2.75) is 19.3 Å². The zero-order chi connectivity index (χ0) is 17.5. The van der Waals surface area contributed by atoms with E-state index in [1.807, 2.05) is 30.3 Å². The van der Waals surface area contributed by atoms with Gasteiger partial charge in [0.25, 0.3) is 0 Å². The molecule has 1 aliphatic rings. The SMILES string of the molecule is COC(=O)CN(C)C(=O)[C@@H]1CCC(=O)N(CCc2ccccc2)C1. The van der Waals surface area contributed by atoms with Crippen LogP contribution in [0.15, 0.2) is 30.3 Å². The second-order valence-electron chi connectivity index (χ2n) is 6.08. The minimum atomic E-state index is -0.446. The first-order valence-corrected chi connectivity index (χ1v) is 8.14. The quantitative estimate of drug-likeness (QED) is 0.732. The second kappa shape index (κ2) is 8.47. The van der Waals surface area contributed by atoms with Gasteiger partial charge < -0.3 is 14.5 Å². The van der Waals surface area contributed by atoms with Gasteiger partial charge in [0, 0.05) is 26.6 Å². The van der Waals surface area contributed by atoms with Crippen LogP contribution in [0, 0.1) is 5.92 Å². The molecule has 0 spiro atoms. The molecule has 1 fully saturated rings. The highest BCUT2D eigenvalue weighted by Gasteiger charge is 2.32. The number of benzene rings is 1. The van der Waals surface area contributed by atoms with Crippen LogP contribution in [0.2, 0.25) is 0 Å². The molecule has 1 saturated heterocycles. The summed E-state index contributed by atoms with van der Waals surface area (Å²) in [5.41, 5.74) is 1.17. The molecule has 0 radical (unpaired) electrons. The highest BCUT2D eigenvalue weighted by atomic mass is 16.5. The van der Waals surface area contributed by atoms with E-state index in [0.29, 0.717) is 25.9 Å². The predicted molar refractivity (Wildman–Crippen MR) is 89.1 cm³/mol. The first-order valence-electron chi connectivity index (χ1n) is 8.14. The molecule has 0 bridgehead atoms. The van der Waals surface area contributed by atoms with Crippen LogP contribution in [0.1, 0.15) is 18.4 Å². The van der Waals surface area contributed by atoms with Gasteiger partial charge in [-0.05, 0) is 18.4 Å². The molecule has 1 heterocycles. The van der Waals surface area contributed by atoms with Crippen molar-refractivity contribution in [2.24, 2.45) is 5.92 Å². The second-order valence-corrected chi connectivity index (χ2v) is 6.08. The van der Waals surface area contributed by atoms with Gasteiger partial charge in [-0.25, -0.2) is 0 Å². The van der Waals surface area contributed by atoms with Gasteiger partial charge in [0.1, 0.15) is 6.54 Å². The van der Waals surface area contributed by atoms with Crippen molar-refractivity contribution < 1.29 is 19.1 Å². The highest BCUT2D eigenvalue weighted by molar-refractivity contribution is 5.86. The molecule has 1 aromatic rings. The van der Waals surface area contributed by atoms with Crippen molar-refractivity contribution in [3.63, 3.8) is 0 Å². The van der Waals surface area contributed by atoms with Crippen LogP contribution in [0.3, 0.4) is 0 Å². The molecule has 24 heavy (non-hydrogen) atoms. The third kappa shape index (κ3) is 4.81. The Hall–Kier alpha value is -2.37. The summed E-state index contributed by atoms with van der Waals surface area (Å²) >= 11 is 0. The normalized spacial score (nSPS) is 17.5. The maximum atomic E-state index is 12.5. The van der Waals surface area contributed by atoms with Crippen molar-refractivity contribution in [2.75, 3.05) is 33.8 Å². The van der Waals surface area contributed by atoms with Gasteiger partial charge in [0.2, 0.25) is 11.8 Å². The minimum absolute atomic E-state index is 0.0657. The van der Waals surface area contributed by atoms with Crippen LogP contribution in [-0.4, -0.2) is 61.4 Å². The Kier molecular flexibility index (Phi) is 6.35. The van der Waals surface area contributed by atoms with E-state index in [0.717, 1.165) is 6.42 Å². The average Bonchev–Trinajstić information content (AvgIpc) is 2.61. The van der Waals surface area contributed by atoms with E-state index in [2.05, 4.69) is 4.74 Å². The van der Waals surface area contributed by atoms with Crippen LogP contribution >= 0.6 is 0 Å². The van der Waals surface area contributed by atoms with Gasteiger partial charge in [0.15, 0.2) is 0 Å². The monoisotopic (exact) mass is 332 g/mol. The van der Waals surface area contributed by atoms with Crippen molar-refractivity contribution in [3.05, 3.63) is 35.9 Å². The molecule has 0 unspecified atom stereocenters. The lowest BCUT2D eigenvalue weighted by Crippen LogP contribution is -2.47. The topological polar surface area (TPSA) is 66.9 Å². The molecule has 1 atom stereocenters. The van der Waals surface area contributed by atoms with Crippen LogP contribution in [-0.2, 0) is 25.5 Å². The smallest absolute Gasteiger partial charge is 0.325 e. The number of ether oxygens (including phenoxy) is 1. The molecule has 0 aromatic heterocycles. The number of rotatable bonds is 6. The number of esters is 1. The van der Waals surface area contributed by atoms with Gasteiger partial charge in [-0.3, -0.25) is 14.4 Å². The maximum absolute atomic E-state index is 12.5. The lowest BCUT2D eigenvalue weighted by Gasteiger charge is -2.33. The van der Waals surface area contributed by atoms with Crippen molar-refractivity contribution in [3.8, 4) is 0 Å². The van der Waals surface area contributed by atoms with Gasteiger partial charge >= 0.3 is 5.97 Å². The number of piperidine rings is 1. The van der Waals surface area contributed by atoms with E-state index in [1.54, 1.807) is 11.9 Å². The van der Waals surface area contributed by atoms with E-state index >= 15 is 0 Å². The highest BCUT2D eigenvalue weighted by Crippen LogP contribution is 2.20. The average molecular weight is 332 g/mol. The number of carbonyl (C=O) groups excluding carboxylic acids is 3. The lowest BCUT2D eigenvalue weighted by atomic mass is 9.95. The van der Waals surface area contributed by atoms with Crippen LogP contribution in [0.5, 0.6) is 0 Å². The number of hydrogen-bond donors (Lipinski definition) is 0. The molecule has 2 amide bonds. The first-order chi connectivity index (χ1) is 11.5. The lowest BCUT2D eigenvalue weighted by molar-refractivity contribution is -0.149. The van der Waals surface area contributed by atoms with Gasteiger partial charge in [0.05, 0.1) is 13.0 Å². The van der Waals surface area contributed by atoms with Gasteiger partial charge in [-0.2, -0.15) is 0 Å². The summed E-state index contributed by atoms with van der Waals surface area (Å²) in [5, 5.41) is 0. The summed E-state index contributed by atoms with van der Waals surface area (Å²) in [5.74, 6) is -0.727. The van der Waals surface area contributed by atoms with E-state index in [-0.39, 0.29) is 24.3 Å². The standard InChI is InChI=1S/C18H24N2O4/c1-19(13-17(22)24-2)18(23)15-8-9-16(21)20(12-15)11-10-14-6-4-3-5-7-14/h3-7,15H,8-13H2,1-2H3/t15-/m1/s1. The summed E-state index contributed by atoms with van der Waals surface area (Å²) in [6.45, 7) is 0.952. The van der Waals surface area contributed by atoms with Crippen LogP contribution in [0.25, 0.3) is 0 Å². The molecule has 130 valence electrons. The number of amides is 2. The van der Waals surface area contributed by atoms with E-state index in [9.17, 15) is 14.4 Å². The molecular formula is C18H24N2O4. The molecule has 6 nitrogen and oxygen atoms in total. The Morgan fingerprint density at radius 1 is 1.29 bits per heavy atom. The van der Waals surface area contributed by atoms with Crippen LogP contribution in [0.4, 0.5) is 0 Å². The minimum Gasteiger partial charge on any atom is -0.468 e. The predicted octanol–water partition coefficient (Wildman–Crippen LogP) is 1.10. The number of likely N-dealkylation sites (N-methyl/N-ethyl adjacent to an activating group) is 1. The molecule has 0 N–H and O–H groups in total. The number of nitrogens with zero attached hydrogens (tertiary/aromatic N) is 2. The van der Waals surface area contributed by atoms with Crippen molar-refractivity contribution in [1.29, 1.82) is 0 Å². The summed E-state index contributed by atoms with van der Waals surface area (Å²) in [6.07, 6.45) is 1.67. The fourth-order valence-corrected chi connectivity index (χ4v) is 2.89. The summed E-state index contributed by atoms with van der Waals surface area (Å²) in [4.78, 5) is 39.0. The number of likely N-dealkylation sites (tertiary alicyclic amines) is 1. The Bertz CT molecular complexity index is 588. The molecular weight excluding hydrogens is 308 g/mol. The molecule has 1 aliphatic heterocycles. The van der Waals surface area contributed by atoms with E-state index in [4.69, 9.17) is 0 Å². The summed E-state index contributed by atoms with van der Waals surface area (Å²) < 4.78 is 4.59. The first kappa shape index (κ1) is 18.0. The van der Waals surface area contributed by atoms with E-state index < -0.39 is 5.97 Å². The third-order valence-corrected chi connectivity index (χ3v) is 4.33. The van der Waals surface area contributed by atoms with Crippen molar-refractivity contribution in [1.82, 2.24) is 9.80 Å². The zero-order valence-electron chi connectivity index (χ0n) is 14.2. The van der Waals surface area contributed by atoms with Crippen LogP contribution < -0.4 is 0 Å². The largest absolute Gasteiger partial charge is 0.468 e. The number of methoxy groups -OCH3 is 1. The van der Waals surface area contributed by atoms with E-state index in [1.165, 1.54) is 17.6 Å². The fraction of sp³-hybridized carbons (Fsp3) is 0.500. The Balaban J connectivity index is 1.90. The molecule has 0 saturated carbocycles. The van der Waals surface area contributed by atoms with Gasteiger partial charge in [-0.15, -0.1) is 0 Å². The van der Waals surface area contributed by atoms with Gasteiger partial charge in [-0.1, -0.05) is 30.3 Å². The number of carbonyl (C=O) groups is 3. The maximum Gasteiger partial charge on any atom is 0.325 e. The Morgan fingerprint density at radius 2 is 2.00 bits per heavy atom. The Morgan fingerprint density at radius 3 is 2.67 bits per heavy atom. The molecule has 2 rings (SSSR count). The molecule has 1 aromatic carbocycles. The number of hydrogen-bond acceptors (Lipinski definition) is 4. The molecule has 6 heteroatoms. The van der Waals surface area contributed by atoms with Crippen molar-refractivity contribution >= 4 is 17.8 Å². The Labute approximate surface area is 142 Å².